The van der Waals surface area contributed by atoms with Gasteiger partial charge in [0.15, 0.2) is 0 Å². The summed E-state index contributed by atoms with van der Waals surface area (Å²) in [5.74, 6) is -0.114. The van der Waals surface area contributed by atoms with Gasteiger partial charge in [0.2, 0.25) is 0 Å². The van der Waals surface area contributed by atoms with Crippen molar-refractivity contribution in [1.29, 1.82) is 5.26 Å². The van der Waals surface area contributed by atoms with Crippen molar-refractivity contribution in [3.63, 3.8) is 0 Å². The quantitative estimate of drug-likeness (QED) is 0.872. The molecule has 0 bridgehead atoms. The Kier molecular flexibility index (Phi) is 3.41. The summed E-state index contributed by atoms with van der Waals surface area (Å²) in [5.41, 5.74) is 0.986. The average Bonchev–Trinajstić information content (AvgIpc) is 2.29. The number of hydrogen-bond acceptors (Lipinski definition) is 2. The minimum absolute atomic E-state index is 0.0958. The summed E-state index contributed by atoms with van der Waals surface area (Å²) in [6.07, 6.45) is 1.29. The fraction of sp³-hybridized carbons (Fsp3) is 0.533. The highest BCUT2D eigenvalue weighted by atomic mass is 19.1. The molecular formula is C15H18FNO. The Morgan fingerprint density at radius 2 is 2.28 bits per heavy atom. The second-order valence-electron chi connectivity index (χ2n) is 5.50. The largest absolute Gasteiger partial charge is 0.388 e. The Morgan fingerprint density at radius 3 is 2.89 bits per heavy atom. The lowest BCUT2D eigenvalue weighted by molar-refractivity contribution is -0.0130. The molecule has 2 nitrogen and oxygen atoms in total. The highest BCUT2D eigenvalue weighted by Gasteiger charge is 2.43. The van der Waals surface area contributed by atoms with Gasteiger partial charge in [0.25, 0.3) is 0 Å². The van der Waals surface area contributed by atoms with E-state index in [1.165, 1.54) is 6.07 Å². The highest BCUT2D eigenvalue weighted by Crippen LogP contribution is 2.45. The van der Waals surface area contributed by atoms with Gasteiger partial charge in [0.05, 0.1) is 18.1 Å². The molecule has 2 unspecified atom stereocenters. The lowest BCUT2D eigenvalue weighted by Crippen LogP contribution is -2.42. The number of fused-ring (bicyclic) bond motifs is 1. The van der Waals surface area contributed by atoms with Crippen LogP contribution < -0.4 is 0 Å². The molecule has 1 aromatic carbocycles. The topological polar surface area (TPSA) is 44.0 Å². The van der Waals surface area contributed by atoms with Gasteiger partial charge in [-0.1, -0.05) is 19.9 Å². The molecule has 0 aromatic heterocycles. The van der Waals surface area contributed by atoms with Gasteiger partial charge >= 0.3 is 0 Å². The lowest BCUT2D eigenvalue weighted by Gasteiger charge is -2.42. The van der Waals surface area contributed by atoms with Crippen LogP contribution in [0.5, 0.6) is 0 Å². The minimum Gasteiger partial charge on any atom is -0.388 e. The average molecular weight is 247 g/mol. The number of aliphatic hydroxyl groups is 1. The normalized spacial score (nSPS) is 26.8. The third kappa shape index (κ3) is 2.13. The maximum absolute atomic E-state index is 13.2. The maximum atomic E-state index is 13.2. The Balaban J connectivity index is 2.49. The molecule has 0 saturated carbocycles. The van der Waals surface area contributed by atoms with Crippen molar-refractivity contribution in [3.05, 3.63) is 35.1 Å². The van der Waals surface area contributed by atoms with Gasteiger partial charge < -0.3 is 5.11 Å². The van der Waals surface area contributed by atoms with Gasteiger partial charge in [0, 0.05) is 5.92 Å². The molecule has 0 saturated heterocycles. The molecule has 0 aliphatic heterocycles. The van der Waals surface area contributed by atoms with Gasteiger partial charge in [-0.3, -0.25) is 0 Å². The number of aryl methyl sites for hydroxylation is 1. The maximum Gasteiger partial charge on any atom is 0.123 e. The van der Waals surface area contributed by atoms with Gasteiger partial charge in [-0.2, -0.15) is 5.26 Å². The van der Waals surface area contributed by atoms with E-state index < -0.39 is 5.60 Å². The Bertz CT molecular complexity index is 492. The Labute approximate surface area is 107 Å². The third-order valence-corrected chi connectivity index (χ3v) is 3.90. The van der Waals surface area contributed by atoms with Gasteiger partial charge in [-0.15, -0.1) is 0 Å². The van der Waals surface area contributed by atoms with Crippen LogP contribution in [0, 0.1) is 23.1 Å². The first-order valence-corrected chi connectivity index (χ1v) is 6.35. The molecule has 3 heteroatoms. The first-order chi connectivity index (χ1) is 8.48. The summed E-state index contributed by atoms with van der Waals surface area (Å²) in [7, 11) is 0. The van der Waals surface area contributed by atoms with Crippen LogP contribution >= 0.6 is 0 Å². The number of nitriles is 1. The molecule has 96 valence electrons. The number of rotatable bonds is 2. The van der Waals surface area contributed by atoms with E-state index in [1.54, 1.807) is 12.1 Å². The van der Waals surface area contributed by atoms with Crippen molar-refractivity contribution >= 4 is 0 Å². The standard InChI is InChI=1S/C15H18FNO/c1-10(2)14-13-4-3-12(16)9-11(13)5-6-15(14,18)7-8-17/h3-4,9-10,14,18H,5-7H2,1-2H3. The Hall–Kier alpha value is -1.40. The molecule has 0 fully saturated rings. The number of nitrogens with zero attached hydrogens (tertiary/aromatic N) is 1. The number of benzene rings is 1. The highest BCUT2D eigenvalue weighted by molar-refractivity contribution is 5.37. The minimum atomic E-state index is -0.978. The second-order valence-corrected chi connectivity index (χ2v) is 5.50. The van der Waals surface area contributed by atoms with Gasteiger partial charge in [-0.05, 0) is 42.0 Å². The van der Waals surface area contributed by atoms with Gasteiger partial charge in [0.1, 0.15) is 5.82 Å². The van der Waals surface area contributed by atoms with E-state index in [1.807, 2.05) is 13.8 Å². The molecule has 2 atom stereocenters. The summed E-state index contributed by atoms with van der Waals surface area (Å²) in [4.78, 5) is 0. The molecule has 0 spiro atoms. The van der Waals surface area contributed by atoms with Crippen LogP contribution in [0.4, 0.5) is 4.39 Å². The number of hydrogen-bond donors (Lipinski definition) is 1. The zero-order chi connectivity index (χ0) is 13.3. The van der Waals surface area contributed by atoms with Crippen molar-refractivity contribution < 1.29 is 9.50 Å². The number of halogens is 1. The molecule has 18 heavy (non-hydrogen) atoms. The molecule has 1 aromatic rings. The van der Waals surface area contributed by atoms with E-state index in [9.17, 15) is 9.50 Å². The van der Waals surface area contributed by atoms with Crippen LogP contribution in [0.2, 0.25) is 0 Å². The monoisotopic (exact) mass is 247 g/mol. The van der Waals surface area contributed by atoms with E-state index in [0.717, 1.165) is 11.1 Å². The molecule has 1 aliphatic rings. The van der Waals surface area contributed by atoms with Crippen LogP contribution in [-0.4, -0.2) is 10.7 Å². The summed E-state index contributed by atoms with van der Waals surface area (Å²) < 4.78 is 13.2. The predicted molar refractivity (Wildman–Crippen MR) is 67.5 cm³/mol. The fourth-order valence-electron chi connectivity index (χ4n) is 3.21. The van der Waals surface area contributed by atoms with Crippen molar-refractivity contribution in [3.8, 4) is 6.07 Å². The zero-order valence-corrected chi connectivity index (χ0v) is 10.8. The molecule has 0 heterocycles. The van der Waals surface area contributed by atoms with Crippen LogP contribution in [0.25, 0.3) is 0 Å². The molecule has 1 N–H and O–H groups in total. The third-order valence-electron chi connectivity index (χ3n) is 3.90. The first kappa shape index (κ1) is 13.0. The van der Waals surface area contributed by atoms with Crippen LogP contribution in [0.15, 0.2) is 18.2 Å². The van der Waals surface area contributed by atoms with E-state index in [4.69, 9.17) is 5.26 Å². The van der Waals surface area contributed by atoms with E-state index >= 15 is 0 Å². The van der Waals surface area contributed by atoms with Gasteiger partial charge in [-0.25, -0.2) is 4.39 Å². The van der Waals surface area contributed by atoms with E-state index in [0.29, 0.717) is 12.8 Å². The van der Waals surface area contributed by atoms with E-state index in [-0.39, 0.29) is 24.1 Å². The van der Waals surface area contributed by atoms with E-state index in [2.05, 4.69) is 6.07 Å². The van der Waals surface area contributed by atoms with Crippen molar-refractivity contribution in [2.24, 2.45) is 5.92 Å². The van der Waals surface area contributed by atoms with Crippen molar-refractivity contribution in [1.82, 2.24) is 0 Å². The fourth-order valence-corrected chi connectivity index (χ4v) is 3.21. The molecule has 0 amide bonds. The van der Waals surface area contributed by atoms with Crippen molar-refractivity contribution in [2.45, 2.75) is 44.6 Å². The SMILES string of the molecule is CC(C)C1c2ccc(F)cc2CCC1(O)CC#N. The van der Waals surface area contributed by atoms with Crippen molar-refractivity contribution in [2.75, 3.05) is 0 Å². The molecular weight excluding hydrogens is 229 g/mol. The second kappa shape index (κ2) is 4.70. The smallest absolute Gasteiger partial charge is 0.123 e. The molecule has 1 aliphatic carbocycles. The summed E-state index contributed by atoms with van der Waals surface area (Å²) in [5, 5.41) is 19.6. The summed E-state index contributed by atoms with van der Waals surface area (Å²) >= 11 is 0. The van der Waals surface area contributed by atoms with Crippen LogP contribution in [-0.2, 0) is 6.42 Å². The Morgan fingerprint density at radius 1 is 1.56 bits per heavy atom. The van der Waals surface area contributed by atoms with Crippen LogP contribution in [0.1, 0.15) is 43.7 Å². The molecule has 2 rings (SSSR count). The first-order valence-electron chi connectivity index (χ1n) is 6.35. The summed E-state index contributed by atoms with van der Waals surface area (Å²) in [6, 6.07) is 6.83. The zero-order valence-electron chi connectivity index (χ0n) is 10.8. The predicted octanol–water partition coefficient (Wildman–Crippen LogP) is 3.16. The summed E-state index contributed by atoms with van der Waals surface area (Å²) in [6.45, 7) is 4.07. The van der Waals surface area contributed by atoms with Crippen LogP contribution in [0.3, 0.4) is 0 Å². The molecule has 0 radical (unpaired) electrons. The lowest BCUT2D eigenvalue weighted by atomic mass is 9.66.